The van der Waals surface area contributed by atoms with Crippen molar-refractivity contribution in [2.45, 2.75) is 18.9 Å². The van der Waals surface area contributed by atoms with Crippen LogP contribution in [-0.4, -0.2) is 59.7 Å². The minimum Gasteiger partial charge on any atom is -0.368 e. The van der Waals surface area contributed by atoms with Gasteiger partial charge in [-0.05, 0) is 12.8 Å². The molecular weight excluding hydrogens is 280 g/mol. The van der Waals surface area contributed by atoms with Crippen LogP contribution >= 0.6 is 11.6 Å². The summed E-state index contributed by atoms with van der Waals surface area (Å²) in [4.78, 5) is 24.5. The summed E-state index contributed by atoms with van der Waals surface area (Å²) in [7, 11) is 0. The number of ether oxygens (including phenoxy) is 1. The topological polar surface area (TPSA) is 58.6 Å². The number of hydrogen-bond donors (Lipinski definition) is 0. The van der Waals surface area contributed by atoms with Crippen LogP contribution < -0.4 is 4.90 Å². The van der Waals surface area contributed by atoms with Crippen molar-refractivity contribution < 1.29 is 9.53 Å². The number of hydrogen-bond acceptors (Lipinski definition) is 5. The van der Waals surface area contributed by atoms with Crippen LogP contribution in [0.4, 0.5) is 5.82 Å². The summed E-state index contributed by atoms with van der Waals surface area (Å²) in [5.74, 6) is 0.890. The number of nitrogens with zero attached hydrogens (tertiary/aromatic N) is 4. The molecule has 0 N–H and O–H groups in total. The molecule has 2 aliphatic rings. The second-order valence-corrected chi connectivity index (χ2v) is 5.40. The van der Waals surface area contributed by atoms with Gasteiger partial charge < -0.3 is 14.5 Å². The third-order valence-electron chi connectivity index (χ3n) is 3.71. The van der Waals surface area contributed by atoms with E-state index in [4.69, 9.17) is 16.3 Å². The average Bonchev–Trinajstić information content (AvgIpc) is 3.01. The van der Waals surface area contributed by atoms with E-state index in [9.17, 15) is 4.79 Å². The quantitative estimate of drug-likeness (QED) is 0.813. The zero-order chi connectivity index (χ0) is 13.9. The lowest BCUT2D eigenvalue weighted by Gasteiger charge is -2.36. The minimum absolute atomic E-state index is 0.124. The molecule has 6 nitrogen and oxygen atoms in total. The first-order valence-electron chi connectivity index (χ1n) is 6.87. The molecular formula is C13H17ClN4O2. The maximum Gasteiger partial charge on any atom is 0.251 e. The third-order valence-corrected chi connectivity index (χ3v) is 3.89. The fourth-order valence-corrected chi connectivity index (χ4v) is 2.76. The Morgan fingerprint density at radius 3 is 2.75 bits per heavy atom. The van der Waals surface area contributed by atoms with Gasteiger partial charge in [-0.1, -0.05) is 11.6 Å². The second kappa shape index (κ2) is 5.93. The summed E-state index contributed by atoms with van der Waals surface area (Å²) >= 11 is 5.85. The zero-order valence-electron chi connectivity index (χ0n) is 11.2. The number of amides is 1. The summed E-state index contributed by atoms with van der Waals surface area (Å²) in [6.07, 6.45) is 4.81. The lowest BCUT2D eigenvalue weighted by atomic mass is 10.2. The number of halogens is 1. The lowest BCUT2D eigenvalue weighted by molar-refractivity contribution is -0.141. The van der Waals surface area contributed by atoms with Crippen LogP contribution in [-0.2, 0) is 9.53 Å². The van der Waals surface area contributed by atoms with Crippen LogP contribution in [0, 0.1) is 0 Å². The molecule has 2 aliphatic heterocycles. The van der Waals surface area contributed by atoms with Crippen molar-refractivity contribution in [3.05, 3.63) is 17.5 Å². The minimum atomic E-state index is -0.229. The molecule has 0 bridgehead atoms. The Balaban J connectivity index is 1.58. The normalized spacial score (nSPS) is 23.1. The molecule has 1 aromatic heterocycles. The molecule has 0 spiro atoms. The third kappa shape index (κ3) is 2.86. The van der Waals surface area contributed by atoms with Crippen LogP contribution in [0.5, 0.6) is 0 Å². The Morgan fingerprint density at radius 2 is 2.10 bits per heavy atom. The molecule has 20 heavy (non-hydrogen) atoms. The summed E-state index contributed by atoms with van der Waals surface area (Å²) in [6, 6.07) is 0. The smallest absolute Gasteiger partial charge is 0.251 e. The molecule has 0 aromatic carbocycles. The Morgan fingerprint density at radius 1 is 1.30 bits per heavy atom. The second-order valence-electron chi connectivity index (χ2n) is 5.01. The molecule has 0 saturated carbocycles. The van der Waals surface area contributed by atoms with Gasteiger partial charge in [-0.25, -0.2) is 4.98 Å². The van der Waals surface area contributed by atoms with E-state index in [0.29, 0.717) is 24.8 Å². The van der Waals surface area contributed by atoms with Gasteiger partial charge in [0.2, 0.25) is 0 Å². The molecule has 0 aliphatic carbocycles. The van der Waals surface area contributed by atoms with Crippen molar-refractivity contribution in [2.24, 2.45) is 0 Å². The molecule has 3 rings (SSSR count). The van der Waals surface area contributed by atoms with Crippen molar-refractivity contribution >= 4 is 23.3 Å². The van der Waals surface area contributed by atoms with Gasteiger partial charge >= 0.3 is 0 Å². The van der Waals surface area contributed by atoms with Crippen LogP contribution in [0.25, 0.3) is 0 Å². The Bertz CT molecular complexity index is 485. The highest BCUT2D eigenvalue weighted by atomic mass is 35.5. The van der Waals surface area contributed by atoms with Gasteiger partial charge in [0, 0.05) is 32.8 Å². The highest BCUT2D eigenvalue weighted by molar-refractivity contribution is 6.29. The molecule has 0 radical (unpaired) electrons. The van der Waals surface area contributed by atoms with Crippen molar-refractivity contribution in [2.75, 3.05) is 37.7 Å². The summed E-state index contributed by atoms with van der Waals surface area (Å²) in [5, 5.41) is 0.389. The van der Waals surface area contributed by atoms with Gasteiger partial charge in [-0.2, -0.15) is 0 Å². The molecule has 1 atom stereocenters. The van der Waals surface area contributed by atoms with Crippen molar-refractivity contribution in [3.63, 3.8) is 0 Å². The van der Waals surface area contributed by atoms with E-state index in [0.717, 1.165) is 31.7 Å². The first-order chi connectivity index (χ1) is 9.74. The van der Waals surface area contributed by atoms with Gasteiger partial charge in [-0.15, -0.1) is 0 Å². The molecule has 2 saturated heterocycles. The standard InChI is InChI=1S/C13H17ClN4O2/c14-11-8-15-9-12(16-11)17-3-5-18(6-4-17)13(19)10-2-1-7-20-10/h8-10H,1-7H2/t10-/m0/s1. The van der Waals surface area contributed by atoms with Gasteiger partial charge in [-0.3, -0.25) is 9.78 Å². The van der Waals surface area contributed by atoms with Crippen LogP contribution in [0.1, 0.15) is 12.8 Å². The molecule has 1 aromatic rings. The van der Waals surface area contributed by atoms with Crippen LogP contribution in [0.2, 0.25) is 5.15 Å². The van der Waals surface area contributed by atoms with Crippen molar-refractivity contribution in [3.8, 4) is 0 Å². The van der Waals surface area contributed by atoms with E-state index in [1.807, 2.05) is 4.90 Å². The van der Waals surface area contributed by atoms with E-state index in [-0.39, 0.29) is 12.0 Å². The number of rotatable bonds is 2. The first kappa shape index (κ1) is 13.6. The van der Waals surface area contributed by atoms with E-state index >= 15 is 0 Å². The molecule has 3 heterocycles. The predicted octanol–water partition coefficient (Wildman–Crippen LogP) is 0.958. The largest absolute Gasteiger partial charge is 0.368 e. The van der Waals surface area contributed by atoms with Crippen molar-refractivity contribution in [1.82, 2.24) is 14.9 Å². The number of carbonyl (C=O) groups excluding carboxylic acids is 1. The Kier molecular flexibility index (Phi) is 4.03. The number of piperazine rings is 1. The summed E-state index contributed by atoms with van der Waals surface area (Å²) in [5.41, 5.74) is 0. The van der Waals surface area contributed by atoms with Gasteiger partial charge in [0.15, 0.2) is 0 Å². The highest BCUT2D eigenvalue weighted by Crippen LogP contribution is 2.18. The van der Waals surface area contributed by atoms with E-state index in [1.165, 1.54) is 6.20 Å². The lowest BCUT2D eigenvalue weighted by Crippen LogP contribution is -2.51. The summed E-state index contributed by atoms with van der Waals surface area (Å²) in [6.45, 7) is 3.56. The fourth-order valence-electron chi connectivity index (χ4n) is 2.62. The molecule has 1 amide bonds. The SMILES string of the molecule is O=C([C@@H]1CCCO1)N1CCN(c2cncc(Cl)n2)CC1. The molecule has 2 fully saturated rings. The van der Waals surface area contributed by atoms with E-state index in [1.54, 1.807) is 6.20 Å². The number of carbonyl (C=O) groups is 1. The number of aromatic nitrogens is 2. The van der Waals surface area contributed by atoms with Crippen LogP contribution in [0.15, 0.2) is 12.4 Å². The van der Waals surface area contributed by atoms with Crippen molar-refractivity contribution in [1.29, 1.82) is 0 Å². The van der Waals surface area contributed by atoms with Gasteiger partial charge in [0.25, 0.3) is 5.91 Å². The first-order valence-corrected chi connectivity index (χ1v) is 7.25. The molecule has 108 valence electrons. The maximum atomic E-state index is 12.2. The van der Waals surface area contributed by atoms with Crippen LogP contribution in [0.3, 0.4) is 0 Å². The monoisotopic (exact) mass is 296 g/mol. The molecule has 0 unspecified atom stereocenters. The Hall–Kier alpha value is -1.40. The van der Waals surface area contributed by atoms with Gasteiger partial charge in [0.1, 0.15) is 17.1 Å². The van der Waals surface area contributed by atoms with E-state index < -0.39 is 0 Å². The fraction of sp³-hybridized carbons (Fsp3) is 0.615. The maximum absolute atomic E-state index is 12.2. The average molecular weight is 297 g/mol. The Labute approximate surface area is 122 Å². The summed E-state index contributed by atoms with van der Waals surface area (Å²) < 4.78 is 5.45. The zero-order valence-corrected chi connectivity index (χ0v) is 11.9. The molecule has 7 heteroatoms. The highest BCUT2D eigenvalue weighted by Gasteiger charge is 2.30. The van der Waals surface area contributed by atoms with E-state index in [2.05, 4.69) is 14.9 Å². The number of anilines is 1. The van der Waals surface area contributed by atoms with Gasteiger partial charge in [0.05, 0.1) is 12.4 Å². The predicted molar refractivity (Wildman–Crippen MR) is 74.8 cm³/mol.